The Balaban J connectivity index is 1.06. The molecule has 2 heteroatoms. The summed E-state index contributed by atoms with van der Waals surface area (Å²) < 4.78 is 6.84. The van der Waals surface area contributed by atoms with Crippen LogP contribution >= 0.6 is 0 Å². The van der Waals surface area contributed by atoms with Gasteiger partial charge in [-0.3, -0.25) is 0 Å². The zero-order chi connectivity index (χ0) is 41.7. The molecule has 0 unspecified atom stereocenters. The molecule has 10 aromatic rings. The first-order chi connectivity index (χ1) is 31.3. The van der Waals surface area contributed by atoms with Crippen LogP contribution in [0.25, 0.3) is 55.6 Å². The normalized spacial score (nSPS) is 12.7. The highest BCUT2D eigenvalue weighted by molar-refractivity contribution is 5.95. The molecule has 0 bridgehead atoms. The van der Waals surface area contributed by atoms with Gasteiger partial charge in [0.1, 0.15) is 11.5 Å². The number of para-hydroxylation sites is 3. The minimum atomic E-state index is -0.562. The molecule has 1 heterocycles. The zero-order valence-electron chi connectivity index (χ0n) is 34.5. The number of fused-ring (bicyclic) bond motifs is 9. The van der Waals surface area contributed by atoms with Crippen molar-refractivity contribution in [3.63, 3.8) is 0 Å². The van der Waals surface area contributed by atoms with Gasteiger partial charge in [-0.2, -0.15) is 0 Å². The fourth-order valence-electron chi connectivity index (χ4n) is 10.2. The Morgan fingerprint density at radius 3 is 1.25 bits per heavy atom. The first-order valence-corrected chi connectivity index (χ1v) is 21.7. The summed E-state index contributed by atoms with van der Waals surface area (Å²) in [5.41, 5.74) is 19.4. The summed E-state index contributed by atoms with van der Waals surface area (Å²) in [5.74, 6) is 1.77. The van der Waals surface area contributed by atoms with E-state index >= 15 is 0 Å². The third-order valence-electron chi connectivity index (χ3n) is 13.0. The van der Waals surface area contributed by atoms with Crippen LogP contribution in [-0.2, 0) is 5.41 Å². The number of nitrogens with zero attached hydrogens (tertiary/aromatic N) is 1. The lowest BCUT2D eigenvalue weighted by Crippen LogP contribution is -2.32. The van der Waals surface area contributed by atoms with Gasteiger partial charge in [-0.1, -0.05) is 206 Å². The molecule has 0 N–H and O–H groups in total. The molecule has 2 nitrogen and oxygen atoms in total. The van der Waals surface area contributed by atoms with Gasteiger partial charge in [0.05, 0.1) is 16.8 Å². The van der Waals surface area contributed by atoms with Gasteiger partial charge >= 0.3 is 0 Å². The van der Waals surface area contributed by atoms with Crippen molar-refractivity contribution in [2.75, 3.05) is 4.90 Å². The molecule has 1 aliphatic carbocycles. The Hall–Kier alpha value is -8.20. The maximum absolute atomic E-state index is 6.84. The molecule has 1 spiro atoms. The molecule has 1 aliphatic heterocycles. The van der Waals surface area contributed by atoms with Crippen LogP contribution < -0.4 is 9.64 Å². The van der Waals surface area contributed by atoms with Crippen LogP contribution in [-0.4, -0.2) is 0 Å². The Labute approximate surface area is 368 Å². The lowest BCUT2D eigenvalue weighted by atomic mass is 9.66. The summed E-state index contributed by atoms with van der Waals surface area (Å²) in [6.07, 6.45) is 0. The standard InChI is InChI=1S/C61H41NO/c1-3-17-42(18-4-1)44-31-33-46(34-32-44)49-21-9-14-28-57(49)62(48-38-35-45(36-39-48)43-19-5-2-6-20-43)58-29-15-10-22-50(58)47-37-40-60-56(41-47)61(55-27-13-16-30-59(55)63-60)53-25-11-7-23-51(53)52-24-8-12-26-54(52)61/h1-41H. The van der Waals surface area contributed by atoms with E-state index in [0.717, 1.165) is 61.9 Å². The van der Waals surface area contributed by atoms with Crippen molar-refractivity contribution in [2.45, 2.75) is 5.41 Å². The van der Waals surface area contributed by atoms with E-state index in [1.54, 1.807) is 0 Å². The van der Waals surface area contributed by atoms with Crippen molar-refractivity contribution in [1.82, 2.24) is 0 Å². The van der Waals surface area contributed by atoms with Crippen LogP contribution in [0, 0.1) is 0 Å². The topological polar surface area (TPSA) is 12.5 Å². The van der Waals surface area contributed by atoms with Crippen molar-refractivity contribution in [3.05, 3.63) is 271 Å². The lowest BCUT2D eigenvalue weighted by molar-refractivity contribution is 0.436. The van der Waals surface area contributed by atoms with Gasteiger partial charge in [0, 0.05) is 27.9 Å². The van der Waals surface area contributed by atoms with E-state index < -0.39 is 5.41 Å². The smallest absolute Gasteiger partial charge is 0.132 e. The molecule has 0 saturated heterocycles. The van der Waals surface area contributed by atoms with Crippen molar-refractivity contribution in [3.8, 4) is 67.1 Å². The summed E-state index contributed by atoms with van der Waals surface area (Å²) in [6, 6.07) is 90.0. The fourth-order valence-corrected chi connectivity index (χ4v) is 10.2. The average molecular weight is 804 g/mol. The molecule has 0 atom stereocenters. The first-order valence-electron chi connectivity index (χ1n) is 21.7. The maximum atomic E-state index is 6.84. The molecule has 10 aromatic carbocycles. The summed E-state index contributed by atoms with van der Waals surface area (Å²) >= 11 is 0. The van der Waals surface area contributed by atoms with Gasteiger partial charge in [0.2, 0.25) is 0 Å². The van der Waals surface area contributed by atoms with E-state index in [1.807, 2.05) is 0 Å². The predicted molar refractivity (Wildman–Crippen MR) is 260 cm³/mol. The molecule has 0 fully saturated rings. The van der Waals surface area contributed by atoms with Crippen molar-refractivity contribution in [2.24, 2.45) is 0 Å². The molecule has 63 heavy (non-hydrogen) atoms. The van der Waals surface area contributed by atoms with Gasteiger partial charge in [-0.15, -0.1) is 0 Å². The monoisotopic (exact) mass is 803 g/mol. The van der Waals surface area contributed by atoms with Gasteiger partial charge in [0.25, 0.3) is 0 Å². The minimum Gasteiger partial charge on any atom is -0.457 e. The molecule has 2 aliphatic rings. The Kier molecular flexibility index (Phi) is 8.76. The van der Waals surface area contributed by atoms with Gasteiger partial charge < -0.3 is 9.64 Å². The van der Waals surface area contributed by atoms with Crippen LogP contribution in [0.4, 0.5) is 17.1 Å². The van der Waals surface area contributed by atoms with Crippen LogP contribution in [0.1, 0.15) is 22.3 Å². The Morgan fingerprint density at radius 2 is 0.667 bits per heavy atom. The molecule has 0 radical (unpaired) electrons. The van der Waals surface area contributed by atoms with Crippen LogP contribution in [0.5, 0.6) is 11.5 Å². The van der Waals surface area contributed by atoms with Crippen molar-refractivity contribution < 1.29 is 4.74 Å². The molecule has 12 rings (SSSR count). The second kappa shape index (κ2) is 15.1. The third-order valence-corrected chi connectivity index (χ3v) is 13.0. The quantitative estimate of drug-likeness (QED) is 0.159. The largest absolute Gasteiger partial charge is 0.457 e. The van der Waals surface area contributed by atoms with Crippen LogP contribution in [0.15, 0.2) is 249 Å². The lowest BCUT2D eigenvalue weighted by Gasteiger charge is -2.39. The van der Waals surface area contributed by atoms with E-state index in [2.05, 4.69) is 254 Å². The van der Waals surface area contributed by atoms with Gasteiger partial charge in [0.15, 0.2) is 0 Å². The summed E-state index contributed by atoms with van der Waals surface area (Å²) in [4.78, 5) is 2.44. The third kappa shape index (κ3) is 5.95. The van der Waals surface area contributed by atoms with E-state index in [9.17, 15) is 0 Å². The van der Waals surface area contributed by atoms with E-state index in [1.165, 1.54) is 44.5 Å². The highest BCUT2D eigenvalue weighted by Gasteiger charge is 2.51. The van der Waals surface area contributed by atoms with E-state index in [-0.39, 0.29) is 0 Å². The zero-order valence-corrected chi connectivity index (χ0v) is 34.5. The molecule has 0 aromatic heterocycles. The second-order valence-corrected chi connectivity index (χ2v) is 16.4. The minimum absolute atomic E-state index is 0.562. The fraction of sp³-hybridized carbons (Fsp3) is 0.0164. The Bertz CT molecular complexity index is 3250. The van der Waals surface area contributed by atoms with Gasteiger partial charge in [-0.05, 0) is 98.1 Å². The molecular weight excluding hydrogens is 763 g/mol. The number of rotatable bonds is 7. The molecule has 296 valence electrons. The number of anilines is 3. The number of hydrogen-bond acceptors (Lipinski definition) is 2. The first kappa shape index (κ1) is 36.6. The predicted octanol–water partition coefficient (Wildman–Crippen LogP) is 16.3. The molecule has 0 saturated carbocycles. The number of ether oxygens (including phenoxy) is 1. The Morgan fingerprint density at radius 1 is 0.270 bits per heavy atom. The molecule has 0 amide bonds. The average Bonchev–Trinajstić information content (AvgIpc) is 3.66. The SMILES string of the molecule is c1ccc(-c2ccc(-c3ccccc3N(c3ccc(-c4ccccc4)cc3)c3ccccc3-c3ccc4c(c3)C3(c5ccccc5O4)c4ccccc4-c4ccccc43)cc2)cc1. The van der Waals surface area contributed by atoms with Crippen molar-refractivity contribution >= 4 is 17.1 Å². The number of benzene rings is 10. The maximum Gasteiger partial charge on any atom is 0.132 e. The summed E-state index contributed by atoms with van der Waals surface area (Å²) in [6.45, 7) is 0. The van der Waals surface area contributed by atoms with Crippen LogP contribution in [0.2, 0.25) is 0 Å². The van der Waals surface area contributed by atoms with E-state index in [4.69, 9.17) is 4.74 Å². The summed E-state index contributed by atoms with van der Waals surface area (Å²) in [5, 5.41) is 0. The van der Waals surface area contributed by atoms with Crippen LogP contribution in [0.3, 0.4) is 0 Å². The highest BCUT2D eigenvalue weighted by Crippen LogP contribution is 2.62. The van der Waals surface area contributed by atoms with Gasteiger partial charge in [-0.25, -0.2) is 0 Å². The highest BCUT2D eigenvalue weighted by atomic mass is 16.5. The van der Waals surface area contributed by atoms with Crippen molar-refractivity contribution in [1.29, 1.82) is 0 Å². The van der Waals surface area contributed by atoms with E-state index in [0.29, 0.717) is 0 Å². The molecular formula is C61H41NO. The second-order valence-electron chi connectivity index (χ2n) is 16.4. The number of hydrogen-bond donors (Lipinski definition) is 0. The summed E-state index contributed by atoms with van der Waals surface area (Å²) in [7, 11) is 0.